The Labute approximate surface area is 129 Å². The molecule has 0 spiro atoms. The third-order valence-corrected chi connectivity index (χ3v) is 4.91. The second kappa shape index (κ2) is 6.55. The molecule has 1 aliphatic heterocycles. The van der Waals surface area contributed by atoms with Crippen molar-refractivity contribution in [2.75, 3.05) is 13.1 Å². The van der Waals surface area contributed by atoms with E-state index in [1.807, 2.05) is 20.8 Å². The van der Waals surface area contributed by atoms with E-state index in [-0.39, 0.29) is 12.1 Å². The molecule has 1 N–H and O–H groups in total. The molecule has 1 heterocycles. The van der Waals surface area contributed by atoms with E-state index in [0.29, 0.717) is 5.92 Å². The minimum Gasteiger partial charge on any atom is -0.444 e. The van der Waals surface area contributed by atoms with Crippen molar-refractivity contribution in [2.45, 2.75) is 78.0 Å². The van der Waals surface area contributed by atoms with Gasteiger partial charge in [0.1, 0.15) is 5.60 Å². The molecular formula is C17H32N2O2. The summed E-state index contributed by atoms with van der Waals surface area (Å²) in [5.74, 6) is 1.49. The maximum Gasteiger partial charge on any atom is 0.407 e. The van der Waals surface area contributed by atoms with E-state index in [9.17, 15) is 4.79 Å². The molecule has 4 heteroatoms. The van der Waals surface area contributed by atoms with Gasteiger partial charge in [-0.25, -0.2) is 4.79 Å². The molecule has 4 unspecified atom stereocenters. The standard InChI is InChI=1S/C17H32N2O2/c1-6-13-9-14(18-16(20)21-17(3,4)5)11-19(10-13)15-8-7-12(15)2/h12-15H,6-11H2,1-5H3,(H,18,20). The molecule has 1 saturated heterocycles. The second-order valence-corrected chi connectivity index (χ2v) is 7.93. The highest BCUT2D eigenvalue weighted by Crippen LogP contribution is 2.34. The first kappa shape index (κ1) is 16.6. The van der Waals surface area contributed by atoms with Crippen LogP contribution in [0.1, 0.15) is 60.3 Å². The monoisotopic (exact) mass is 296 g/mol. The average Bonchev–Trinajstić information content (AvgIpc) is 2.34. The fourth-order valence-electron chi connectivity index (χ4n) is 3.58. The molecule has 4 atom stereocenters. The van der Waals surface area contributed by atoms with Crippen LogP contribution in [0.5, 0.6) is 0 Å². The summed E-state index contributed by atoms with van der Waals surface area (Å²) in [5.41, 5.74) is -0.426. The number of carbonyl (C=O) groups is 1. The van der Waals surface area contributed by atoms with E-state index < -0.39 is 5.60 Å². The van der Waals surface area contributed by atoms with Gasteiger partial charge < -0.3 is 10.1 Å². The number of amides is 1. The van der Waals surface area contributed by atoms with E-state index in [1.54, 1.807) is 0 Å². The Bertz CT molecular complexity index is 364. The highest BCUT2D eigenvalue weighted by atomic mass is 16.6. The number of alkyl carbamates (subject to hydrolysis) is 1. The molecule has 1 amide bonds. The van der Waals surface area contributed by atoms with Crippen LogP contribution < -0.4 is 5.32 Å². The fourth-order valence-corrected chi connectivity index (χ4v) is 3.58. The van der Waals surface area contributed by atoms with Crippen LogP contribution in [0.2, 0.25) is 0 Å². The number of piperidine rings is 1. The summed E-state index contributed by atoms with van der Waals surface area (Å²) in [5, 5.41) is 3.08. The molecule has 0 bridgehead atoms. The van der Waals surface area contributed by atoms with Gasteiger partial charge in [0.15, 0.2) is 0 Å². The Morgan fingerprint density at radius 1 is 1.29 bits per heavy atom. The van der Waals surface area contributed by atoms with Crippen LogP contribution in [0.3, 0.4) is 0 Å². The van der Waals surface area contributed by atoms with Crippen molar-refractivity contribution in [2.24, 2.45) is 11.8 Å². The van der Waals surface area contributed by atoms with E-state index in [0.717, 1.165) is 24.9 Å². The van der Waals surface area contributed by atoms with Crippen LogP contribution in [0.25, 0.3) is 0 Å². The maximum atomic E-state index is 12.0. The number of carbonyl (C=O) groups excluding carboxylic acids is 1. The van der Waals surface area contributed by atoms with Gasteiger partial charge in [-0.3, -0.25) is 4.90 Å². The van der Waals surface area contributed by atoms with Crippen molar-refractivity contribution in [3.05, 3.63) is 0 Å². The van der Waals surface area contributed by atoms with Crippen LogP contribution >= 0.6 is 0 Å². The number of ether oxygens (including phenoxy) is 1. The van der Waals surface area contributed by atoms with Crippen LogP contribution in [0.15, 0.2) is 0 Å². The Balaban J connectivity index is 1.90. The lowest BCUT2D eigenvalue weighted by molar-refractivity contribution is 0.0144. The van der Waals surface area contributed by atoms with Gasteiger partial charge in [-0.05, 0) is 51.9 Å². The number of rotatable bonds is 3. The quantitative estimate of drug-likeness (QED) is 0.867. The Morgan fingerprint density at radius 2 is 2.00 bits per heavy atom. The summed E-state index contributed by atoms with van der Waals surface area (Å²) in [6.45, 7) is 12.5. The SMILES string of the molecule is CCC1CC(NC(=O)OC(C)(C)C)CN(C2CCC2C)C1. The number of hydrogen-bond acceptors (Lipinski definition) is 3. The van der Waals surface area contributed by atoms with Gasteiger partial charge in [0.05, 0.1) is 0 Å². The van der Waals surface area contributed by atoms with Gasteiger partial charge in [0.2, 0.25) is 0 Å². The van der Waals surface area contributed by atoms with E-state index >= 15 is 0 Å². The summed E-state index contributed by atoms with van der Waals surface area (Å²) in [6, 6.07) is 0.952. The Morgan fingerprint density at radius 3 is 2.48 bits per heavy atom. The summed E-state index contributed by atoms with van der Waals surface area (Å²) < 4.78 is 5.40. The van der Waals surface area contributed by atoms with E-state index in [2.05, 4.69) is 24.1 Å². The third kappa shape index (κ3) is 4.60. The highest BCUT2D eigenvalue weighted by Gasteiger charge is 2.37. The fraction of sp³-hybridized carbons (Fsp3) is 0.941. The van der Waals surface area contributed by atoms with Gasteiger partial charge in [0, 0.05) is 25.2 Å². The summed E-state index contributed by atoms with van der Waals surface area (Å²) in [7, 11) is 0. The zero-order valence-corrected chi connectivity index (χ0v) is 14.3. The van der Waals surface area contributed by atoms with Crippen LogP contribution in [0.4, 0.5) is 4.79 Å². The van der Waals surface area contributed by atoms with Crippen molar-refractivity contribution in [3.63, 3.8) is 0 Å². The lowest BCUT2D eigenvalue weighted by atomic mass is 9.78. The van der Waals surface area contributed by atoms with Crippen molar-refractivity contribution in [1.29, 1.82) is 0 Å². The van der Waals surface area contributed by atoms with Crippen molar-refractivity contribution in [1.82, 2.24) is 10.2 Å². The molecular weight excluding hydrogens is 264 g/mol. The summed E-state index contributed by atoms with van der Waals surface area (Å²) in [4.78, 5) is 14.6. The molecule has 4 nitrogen and oxygen atoms in total. The molecule has 2 aliphatic rings. The zero-order valence-electron chi connectivity index (χ0n) is 14.3. The molecule has 122 valence electrons. The van der Waals surface area contributed by atoms with Gasteiger partial charge in [0.25, 0.3) is 0 Å². The predicted molar refractivity (Wildman–Crippen MR) is 85.3 cm³/mol. The molecule has 0 aromatic heterocycles. The van der Waals surface area contributed by atoms with Crippen LogP contribution in [-0.4, -0.2) is 41.8 Å². The zero-order chi connectivity index (χ0) is 15.6. The molecule has 2 fully saturated rings. The number of hydrogen-bond donors (Lipinski definition) is 1. The normalized spacial score (nSPS) is 34.1. The van der Waals surface area contributed by atoms with Crippen molar-refractivity contribution in [3.8, 4) is 0 Å². The van der Waals surface area contributed by atoms with Gasteiger partial charge in [-0.1, -0.05) is 20.3 Å². The molecule has 0 radical (unpaired) electrons. The first-order valence-electron chi connectivity index (χ1n) is 8.52. The summed E-state index contributed by atoms with van der Waals surface area (Å²) >= 11 is 0. The Hall–Kier alpha value is -0.770. The highest BCUT2D eigenvalue weighted by molar-refractivity contribution is 5.68. The minimum absolute atomic E-state index is 0.228. The molecule has 0 aromatic rings. The first-order chi connectivity index (χ1) is 9.78. The van der Waals surface area contributed by atoms with Crippen LogP contribution in [-0.2, 0) is 4.74 Å². The van der Waals surface area contributed by atoms with Gasteiger partial charge >= 0.3 is 6.09 Å². The smallest absolute Gasteiger partial charge is 0.407 e. The molecule has 1 saturated carbocycles. The number of nitrogens with one attached hydrogen (secondary N) is 1. The van der Waals surface area contributed by atoms with E-state index in [1.165, 1.54) is 25.8 Å². The molecule has 2 rings (SSSR count). The lowest BCUT2D eigenvalue weighted by Crippen LogP contribution is -2.57. The Kier molecular flexibility index (Phi) is 5.18. The first-order valence-corrected chi connectivity index (χ1v) is 8.52. The van der Waals surface area contributed by atoms with Gasteiger partial charge in [-0.2, -0.15) is 0 Å². The average molecular weight is 296 g/mol. The van der Waals surface area contributed by atoms with Crippen molar-refractivity contribution >= 4 is 6.09 Å². The maximum absolute atomic E-state index is 12.0. The topological polar surface area (TPSA) is 41.6 Å². The molecule has 1 aliphatic carbocycles. The largest absolute Gasteiger partial charge is 0.444 e. The van der Waals surface area contributed by atoms with Gasteiger partial charge in [-0.15, -0.1) is 0 Å². The third-order valence-electron chi connectivity index (χ3n) is 4.91. The van der Waals surface area contributed by atoms with E-state index in [4.69, 9.17) is 4.74 Å². The summed E-state index contributed by atoms with van der Waals surface area (Å²) in [6.07, 6.45) is 4.65. The number of nitrogens with zero attached hydrogens (tertiary/aromatic N) is 1. The predicted octanol–water partition coefficient (Wildman–Crippen LogP) is 3.41. The number of likely N-dealkylation sites (tertiary alicyclic amines) is 1. The lowest BCUT2D eigenvalue weighted by Gasteiger charge is -2.48. The van der Waals surface area contributed by atoms with Crippen molar-refractivity contribution < 1.29 is 9.53 Å². The second-order valence-electron chi connectivity index (χ2n) is 7.93. The molecule has 21 heavy (non-hydrogen) atoms. The molecule has 0 aromatic carbocycles. The minimum atomic E-state index is -0.426. The van der Waals surface area contributed by atoms with Crippen LogP contribution in [0, 0.1) is 11.8 Å².